The van der Waals surface area contributed by atoms with Gasteiger partial charge in [0.05, 0.1) is 22.4 Å². The van der Waals surface area contributed by atoms with Crippen molar-refractivity contribution in [3.63, 3.8) is 0 Å². The lowest BCUT2D eigenvalue weighted by Crippen LogP contribution is -2.17. The lowest BCUT2D eigenvalue weighted by Gasteiger charge is -2.30. The molecule has 0 N–H and O–H groups in total. The van der Waals surface area contributed by atoms with Crippen LogP contribution < -0.4 is 4.90 Å². The first kappa shape index (κ1) is 39.0. The van der Waals surface area contributed by atoms with Gasteiger partial charge in [0.15, 0.2) is 0 Å². The van der Waals surface area contributed by atoms with Gasteiger partial charge >= 0.3 is 0 Å². The smallest absolute Gasteiger partial charge is 0.0620 e. The maximum absolute atomic E-state index is 2.52. The molecule has 0 saturated heterocycles. The molecule has 0 unspecified atom stereocenters. The third-order valence-electron chi connectivity index (χ3n) is 15.7. The summed E-state index contributed by atoms with van der Waals surface area (Å²) >= 11 is 0. The summed E-state index contributed by atoms with van der Waals surface area (Å²) in [6.07, 6.45) is 0. The molecule has 0 fully saturated rings. The molecule has 322 valence electrons. The van der Waals surface area contributed by atoms with Crippen molar-refractivity contribution in [1.29, 1.82) is 0 Å². The van der Waals surface area contributed by atoms with Gasteiger partial charge in [-0.3, -0.25) is 0 Å². The number of hydrogen-bond acceptors (Lipinski definition) is 1. The fourth-order valence-electron chi connectivity index (χ4n) is 12.4. The first-order valence-corrected chi connectivity index (χ1v) is 24.0. The van der Waals surface area contributed by atoms with Gasteiger partial charge in [-0.1, -0.05) is 185 Å². The summed E-state index contributed by atoms with van der Waals surface area (Å²) in [7, 11) is 0. The minimum atomic E-state index is -0.129. The second-order valence-corrected chi connectivity index (χ2v) is 20.1. The third-order valence-corrected chi connectivity index (χ3v) is 15.7. The molecule has 68 heavy (non-hydrogen) atoms. The molecule has 0 bridgehead atoms. The van der Waals surface area contributed by atoms with Crippen LogP contribution in [0.15, 0.2) is 218 Å². The molecule has 1 aliphatic heterocycles. The van der Waals surface area contributed by atoms with E-state index in [0.29, 0.717) is 0 Å². The molecule has 0 spiro atoms. The largest absolute Gasteiger partial charge is 0.310 e. The van der Waals surface area contributed by atoms with E-state index in [1.807, 2.05) is 0 Å². The van der Waals surface area contributed by atoms with Gasteiger partial charge in [-0.2, -0.15) is 0 Å². The summed E-state index contributed by atoms with van der Waals surface area (Å²) in [6, 6.07) is 82.0. The van der Waals surface area contributed by atoms with Crippen LogP contribution >= 0.6 is 0 Å². The number of para-hydroxylation sites is 1. The molecule has 0 atom stereocenters. The fraction of sp³-hybridized carbons (Fsp3) is 0.0909. The number of fused-ring (bicyclic) bond motifs is 14. The SMILES string of the molecule is CC1(C)c2ccccc2-c2ccc(N(c3ccc(-c4cc5c6c(c4)c4ccccc4n6-c4ccc(-c6ccccc6)cc4-c4ccccc4-5)cc3)c3cccc4c3-c3ccccc3C4(C)C)cc21. The van der Waals surface area contributed by atoms with Gasteiger partial charge in [-0.25, -0.2) is 0 Å². The second kappa shape index (κ2) is 14.2. The highest BCUT2D eigenvalue weighted by Crippen LogP contribution is 2.56. The maximum Gasteiger partial charge on any atom is 0.0620 e. The Bertz CT molecular complexity index is 3900. The van der Waals surface area contributed by atoms with E-state index in [1.165, 1.54) is 122 Å². The number of anilines is 3. The lowest BCUT2D eigenvalue weighted by atomic mass is 9.82. The topological polar surface area (TPSA) is 8.17 Å². The molecule has 14 rings (SSSR count). The van der Waals surface area contributed by atoms with E-state index >= 15 is 0 Å². The van der Waals surface area contributed by atoms with Crippen LogP contribution in [0, 0.1) is 0 Å². The van der Waals surface area contributed by atoms with Crippen LogP contribution in [-0.2, 0) is 10.8 Å². The van der Waals surface area contributed by atoms with Gasteiger partial charge in [0.2, 0.25) is 0 Å². The van der Waals surface area contributed by atoms with Crippen molar-refractivity contribution in [3.8, 4) is 72.4 Å². The van der Waals surface area contributed by atoms with E-state index in [9.17, 15) is 0 Å². The summed E-state index contributed by atoms with van der Waals surface area (Å²) < 4.78 is 2.52. The van der Waals surface area contributed by atoms with Gasteiger partial charge in [-0.15, -0.1) is 0 Å². The first-order valence-electron chi connectivity index (χ1n) is 24.0. The predicted molar refractivity (Wildman–Crippen MR) is 286 cm³/mol. The van der Waals surface area contributed by atoms with Crippen molar-refractivity contribution in [2.45, 2.75) is 38.5 Å². The van der Waals surface area contributed by atoms with Crippen molar-refractivity contribution < 1.29 is 0 Å². The normalized spacial score (nSPS) is 14.1. The van der Waals surface area contributed by atoms with E-state index in [4.69, 9.17) is 0 Å². The molecule has 1 aromatic heterocycles. The molecule has 2 heteroatoms. The van der Waals surface area contributed by atoms with Crippen LogP contribution in [0.3, 0.4) is 0 Å². The summed E-state index contributed by atoms with van der Waals surface area (Å²) in [6.45, 7) is 9.50. The summed E-state index contributed by atoms with van der Waals surface area (Å²) in [5, 5.41) is 2.52. The fourth-order valence-corrected chi connectivity index (χ4v) is 12.4. The molecule has 2 nitrogen and oxygen atoms in total. The standard InChI is InChI=1S/C66H48N2/c1-65(2)57-25-14-11-23-52(57)63-58(65)26-16-28-62(63)67(46-34-35-50-49-21-10-13-24-56(49)66(3,4)59(50)40-46)45-32-29-42(30-33-45)44-38-54-48-20-9-8-19-47(48)53-37-43(41-17-6-5-7-18-41)31-36-61(53)68-60-27-15-12-22-51(60)55(39-44)64(54)68/h5-40H,1-4H3. The van der Waals surface area contributed by atoms with Crippen LogP contribution in [0.5, 0.6) is 0 Å². The van der Waals surface area contributed by atoms with Crippen LogP contribution in [0.4, 0.5) is 17.1 Å². The highest BCUT2D eigenvalue weighted by molar-refractivity contribution is 6.18. The number of rotatable bonds is 5. The van der Waals surface area contributed by atoms with Crippen LogP contribution in [0.1, 0.15) is 49.9 Å². The maximum atomic E-state index is 2.52. The Hall–Kier alpha value is -8.20. The highest BCUT2D eigenvalue weighted by atomic mass is 15.1. The van der Waals surface area contributed by atoms with Crippen molar-refractivity contribution in [2.75, 3.05) is 4.90 Å². The summed E-state index contributed by atoms with van der Waals surface area (Å²) in [5.41, 5.74) is 27.5. The second-order valence-electron chi connectivity index (χ2n) is 20.1. The molecule has 0 saturated carbocycles. The third kappa shape index (κ3) is 5.40. The van der Waals surface area contributed by atoms with E-state index < -0.39 is 0 Å². The van der Waals surface area contributed by atoms with Gasteiger partial charge < -0.3 is 9.47 Å². The van der Waals surface area contributed by atoms with E-state index in [1.54, 1.807) is 0 Å². The lowest BCUT2D eigenvalue weighted by molar-refractivity contribution is 0.660. The molecule has 10 aromatic carbocycles. The zero-order valence-electron chi connectivity index (χ0n) is 38.7. The van der Waals surface area contributed by atoms with Crippen LogP contribution in [0.25, 0.3) is 94.3 Å². The van der Waals surface area contributed by atoms with Gasteiger partial charge in [0.1, 0.15) is 0 Å². The number of benzene rings is 10. The Kier molecular flexibility index (Phi) is 8.12. The average molecular weight is 869 g/mol. The van der Waals surface area contributed by atoms with Crippen LogP contribution in [0.2, 0.25) is 0 Å². The Labute approximate surface area is 398 Å². The van der Waals surface area contributed by atoms with Gasteiger partial charge in [0, 0.05) is 49.7 Å². The predicted octanol–water partition coefficient (Wildman–Crippen LogP) is 17.8. The summed E-state index contributed by atoms with van der Waals surface area (Å²) in [5.74, 6) is 0. The van der Waals surface area contributed by atoms with Crippen molar-refractivity contribution in [3.05, 3.63) is 241 Å². The van der Waals surface area contributed by atoms with Crippen molar-refractivity contribution in [2.24, 2.45) is 0 Å². The quantitative estimate of drug-likeness (QED) is 0.167. The number of nitrogens with zero attached hydrogens (tertiary/aromatic N) is 2. The van der Waals surface area contributed by atoms with E-state index in [0.717, 1.165) is 11.4 Å². The Morgan fingerprint density at radius 2 is 0.912 bits per heavy atom. The minimum absolute atomic E-state index is 0.121. The van der Waals surface area contributed by atoms with Crippen molar-refractivity contribution >= 4 is 38.9 Å². The zero-order chi connectivity index (χ0) is 45.5. The molecule has 0 radical (unpaired) electrons. The molecular weight excluding hydrogens is 821 g/mol. The Morgan fingerprint density at radius 1 is 0.338 bits per heavy atom. The Morgan fingerprint density at radius 3 is 1.71 bits per heavy atom. The number of hydrogen-bond donors (Lipinski definition) is 0. The molecule has 3 aliphatic rings. The van der Waals surface area contributed by atoms with E-state index in [-0.39, 0.29) is 10.8 Å². The molecule has 0 amide bonds. The molecular formula is C66H48N2. The Balaban J connectivity index is 0.957. The zero-order valence-corrected chi connectivity index (χ0v) is 38.7. The molecule has 2 aliphatic carbocycles. The minimum Gasteiger partial charge on any atom is -0.310 e. The van der Waals surface area contributed by atoms with Gasteiger partial charge in [0.25, 0.3) is 0 Å². The number of aromatic nitrogens is 1. The average Bonchev–Trinajstić information content (AvgIpc) is 3.89. The monoisotopic (exact) mass is 868 g/mol. The first-order chi connectivity index (χ1) is 33.3. The highest BCUT2D eigenvalue weighted by Gasteiger charge is 2.39. The van der Waals surface area contributed by atoms with Gasteiger partial charge in [-0.05, 0) is 133 Å². The molecule has 2 heterocycles. The van der Waals surface area contributed by atoms with Crippen molar-refractivity contribution in [1.82, 2.24) is 4.57 Å². The van der Waals surface area contributed by atoms with Crippen LogP contribution in [-0.4, -0.2) is 4.57 Å². The molecule has 11 aromatic rings. The van der Waals surface area contributed by atoms with E-state index in [2.05, 4.69) is 256 Å². The summed E-state index contributed by atoms with van der Waals surface area (Å²) in [4.78, 5) is 2.52.